The molecule has 2 unspecified atom stereocenters. The zero-order valence-corrected chi connectivity index (χ0v) is 19.0. The number of anilines is 1. The molecule has 0 bridgehead atoms. The molecular formula is C24H38N4O2. The number of nitrogens with zero attached hydrogens (tertiary/aromatic N) is 1. The van der Waals surface area contributed by atoms with Gasteiger partial charge in [0.1, 0.15) is 0 Å². The standard InChI is InChI=1S/C24H38N4O2/c1-24(2,3)21-19(11-7-13-30-21)16-27-23(25-4)26-15-17-8-5-12-20(14-17)28-22(29)18-9-6-10-18/h5,8,12,14,18-19,21H,6-7,9-11,13,15-16H2,1-4H3,(H,28,29)(H2,25,26,27). The number of hydrogen-bond donors (Lipinski definition) is 3. The second-order valence-corrected chi connectivity index (χ2v) is 9.68. The van der Waals surface area contributed by atoms with Crippen molar-refractivity contribution in [2.75, 3.05) is 25.5 Å². The van der Waals surface area contributed by atoms with Gasteiger partial charge in [0.25, 0.3) is 0 Å². The van der Waals surface area contributed by atoms with Crippen molar-refractivity contribution < 1.29 is 9.53 Å². The van der Waals surface area contributed by atoms with E-state index in [4.69, 9.17) is 4.74 Å². The molecule has 1 aliphatic heterocycles. The fourth-order valence-corrected chi connectivity index (χ4v) is 4.32. The maximum Gasteiger partial charge on any atom is 0.227 e. The van der Waals surface area contributed by atoms with E-state index in [1.807, 2.05) is 18.2 Å². The molecule has 1 saturated carbocycles. The minimum Gasteiger partial charge on any atom is -0.377 e. The van der Waals surface area contributed by atoms with Gasteiger partial charge in [-0.15, -0.1) is 0 Å². The average Bonchev–Trinajstić information content (AvgIpc) is 2.66. The minimum absolute atomic E-state index is 0.133. The van der Waals surface area contributed by atoms with Crippen LogP contribution in [-0.4, -0.2) is 38.2 Å². The monoisotopic (exact) mass is 414 g/mol. The first-order valence-corrected chi connectivity index (χ1v) is 11.3. The van der Waals surface area contributed by atoms with E-state index >= 15 is 0 Å². The van der Waals surface area contributed by atoms with Crippen LogP contribution >= 0.6 is 0 Å². The van der Waals surface area contributed by atoms with Crippen molar-refractivity contribution in [1.82, 2.24) is 10.6 Å². The summed E-state index contributed by atoms with van der Waals surface area (Å²) in [5.74, 6) is 1.60. The molecule has 1 aliphatic carbocycles. The number of carbonyl (C=O) groups excluding carboxylic acids is 1. The summed E-state index contributed by atoms with van der Waals surface area (Å²) >= 11 is 0. The Morgan fingerprint density at radius 2 is 1.97 bits per heavy atom. The second kappa shape index (κ2) is 10.3. The van der Waals surface area contributed by atoms with Gasteiger partial charge in [-0.05, 0) is 48.8 Å². The normalized spacial score (nSPS) is 22.9. The van der Waals surface area contributed by atoms with E-state index in [9.17, 15) is 4.79 Å². The lowest BCUT2D eigenvalue weighted by molar-refractivity contribution is -0.122. The smallest absolute Gasteiger partial charge is 0.227 e. The van der Waals surface area contributed by atoms with Crippen LogP contribution in [0.1, 0.15) is 58.4 Å². The van der Waals surface area contributed by atoms with Gasteiger partial charge in [-0.3, -0.25) is 9.79 Å². The molecule has 30 heavy (non-hydrogen) atoms. The second-order valence-electron chi connectivity index (χ2n) is 9.68. The molecule has 0 aromatic heterocycles. The summed E-state index contributed by atoms with van der Waals surface area (Å²) < 4.78 is 6.09. The SMILES string of the molecule is CN=C(NCc1cccc(NC(=O)C2CCC2)c1)NCC1CCCOC1C(C)(C)C. The van der Waals surface area contributed by atoms with Crippen molar-refractivity contribution in [2.45, 2.75) is 65.5 Å². The summed E-state index contributed by atoms with van der Waals surface area (Å²) in [6, 6.07) is 8.02. The lowest BCUT2D eigenvalue weighted by Gasteiger charge is -2.40. The largest absolute Gasteiger partial charge is 0.377 e. The highest BCUT2D eigenvalue weighted by Crippen LogP contribution is 2.33. The quantitative estimate of drug-likeness (QED) is 0.487. The van der Waals surface area contributed by atoms with E-state index in [1.165, 1.54) is 6.42 Å². The Hall–Kier alpha value is -2.08. The van der Waals surface area contributed by atoms with Gasteiger partial charge in [-0.25, -0.2) is 0 Å². The number of rotatable bonds is 6. The van der Waals surface area contributed by atoms with E-state index < -0.39 is 0 Å². The molecule has 2 atom stereocenters. The van der Waals surface area contributed by atoms with E-state index in [-0.39, 0.29) is 23.3 Å². The molecule has 166 valence electrons. The molecule has 1 saturated heterocycles. The molecule has 3 rings (SSSR count). The number of aliphatic imine (C=N–C) groups is 1. The number of hydrogen-bond acceptors (Lipinski definition) is 3. The Kier molecular flexibility index (Phi) is 7.75. The fraction of sp³-hybridized carbons (Fsp3) is 0.667. The molecule has 1 aromatic carbocycles. The average molecular weight is 415 g/mol. The predicted molar refractivity (Wildman–Crippen MR) is 123 cm³/mol. The Morgan fingerprint density at radius 3 is 2.63 bits per heavy atom. The summed E-state index contributed by atoms with van der Waals surface area (Å²) in [6.45, 7) is 9.11. The predicted octanol–water partition coefficient (Wildman–Crippen LogP) is 3.93. The third-order valence-corrected chi connectivity index (χ3v) is 6.18. The van der Waals surface area contributed by atoms with Crippen molar-refractivity contribution in [3.63, 3.8) is 0 Å². The number of amides is 1. The molecular weight excluding hydrogens is 376 g/mol. The van der Waals surface area contributed by atoms with Crippen molar-refractivity contribution in [3.05, 3.63) is 29.8 Å². The van der Waals surface area contributed by atoms with Crippen LogP contribution in [0.3, 0.4) is 0 Å². The Morgan fingerprint density at radius 1 is 1.17 bits per heavy atom. The van der Waals surface area contributed by atoms with Gasteiger partial charge >= 0.3 is 0 Å². The van der Waals surface area contributed by atoms with Crippen LogP contribution in [-0.2, 0) is 16.1 Å². The van der Waals surface area contributed by atoms with Crippen LogP contribution in [0.15, 0.2) is 29.3 Å². The zero-order valence-electron chi connectivity index (χ0n) is 19.0. The van der Waals surface area contributed by atoms with Gasteiger partial charge in [0, 0.05) is 44.3 Å². The van der Waals surface area contributed by atoms with Gasteiger partial charge in [-0.1, -0.05) is 39.3 Å². The van der Waals surface area contributed by atoms with Crippen LogP contribution in [0, 0.1) is 17.3 Å². The first-order valence-electron chi connectivity index (χ1n) is 11.3. The molecule has 0 radical (unpaired) electrons. The summed E-state index contributed by atoms with van der Waals surface area (Å²) in [5, 5.41) is 9.91. The molecule has 3 N–H and O–H groups in total. The summed E-state index contributed by atoms with van der Waals surface area (Å²) in [5.41, 5.74) is 2.10. The topological polar surface area (TPSA) is 74.8 Å². The number of benzene rings is 1. The first kappa shape index (κ1) is 22.6. The Bertz CT molecular complexity index is 737. The molecule has 6 heteroatoms. The van der Waals surface area contributed by atoms with Crippen molar-refractivity contribution in [1.29, 1.82) is 0 Å². The van der Waals surface area contributed by atoms with E-state index in [0.717, 1.165) is 56.0 Å². The van der Waals surface area contributed by atoms with Crippen LogP contribution in [0.5, 0.6) is 0 Å². The Balaban J connectivity index is 1.49. The van der Waals surface area contributed by atoms with Crippen molar-refractivity contribution in [2.24, 2.45) is 22.2 Å². The van der Waals surface area contributed by atoms with Gasteiger partial charge in [0.05, 0.1) is 6.10 Å². The molecule has 1 heterocycles. The van der Waals surface area contributed by atoms with Crippen molar-refractivity contribution in [3.8, 4) is 0 Å². The molecule has 6 nitrogen and oxygen atoms in total. The highest BCUT2D eigenvalue weighted by molar-refractivity contribution is 5.93. The zero-order chi connectivity index (χ0) is 21.6. The van der Waals surface area contributed by atoms with Gasteiger partial charge in [0.2, 0.25) is 5.91 Å². The number of guanidine groups is 1. The van der Waals surface area contributed by atoms with Crippen LogP contribution in [0.25, 0.3) is 0 Å². The highest BCUT2D eigenvalue weighted by atomic mass is 16.5. The first-order chi connectivity index (χ1) is 14.4. The summed E-state index contributed by atoms with van der Waals surface area (Å²) in [4.78, 5) is 16.6. The maximum absolute atomic E-state index is 12.2. The minimum atomic E-state index is 0.133. The number of carbonyl (C=O) groups is 1. The van der Waals surface area contributed by atoms with Gasteiger partial charge in [0.15, 0.2) is 5.96 Å². The third kappa shape index (κ3) is 6.21. The fourth-order valence-electron chi connectivity index (χ4n) is 4.32. The highest BCUT2D eigenvalue weighted by Gasteiger charge is 2.35. The Labute approximate surface area is 181 Å². The van der Waals surface area contributed by atoms with E-state index in [1.54, 1.807) is 7.05 Å². The molecule has 1 aromatic rings. The van der Waals surface area contributed by atoms with E-state index in [0.29, 0.717) is 12.5 Å². The van der Waals surface area contributed by atoms with E-state index in [2.05, 4.69) is 47.8 Å². The number of nitrogens with one attached hydrogen (secondary N) is 3. The molecule has 1 amide bonds. The molecule has 2 aliphatic rings. The van der Waals surface area contributed by atoms with Crippen LogP contribution in [0.2, 0.25) is 0 Å². The van der Waals surface area contributed by atoms with Gasteiger partial charge in [-0.2, -0.15) is 0 Å². The van der Waals surface area contributed by atoms with Crippen molar-refractivity contribution >= 4 is 17.6 Å². The maximum atomic E-state index is 12.2. The lowest BCUT2D eigenvalue weighted by atomic mass is 9.78. The summed E-state index contributed by atoms with van der Waals surface area (Å²) in [6.07, 6.45) is 5.73. The van der Waals surface area contributed by atoms with Gasteiger partial charge < -0.3 is 20.7 Å². The van der Waals surface area contributed by atoms with Crippen LogP contribution < -0.4 is 16.0 Å². The van der Waals surface area contributed by atoms with Crippen LogP contribution in [0.4, 0.5) is 5.69 Å². The lowest BCUT2D eigenvalue weighted by Crippen LogP contribution is -2.47. The number of ether oxygens (including phenoxy) is 1. The third-order valence-electron chi connectivity index (χ3n) is 6.18. The summed E-state index contributed by atoms with van der Waals surface area (Å²) in [7, 11) is 1.79. The molecule has 2 fully saturated rings. The molecule has 0 spiro atoms.